The zero-order valence-corrected chi connectivity index (χ0v) is 12.6. The van der Waals surface area contributed by atoms with Gasteiger partial charge in [0.25, 0.3) is 5.91 Å². The summed E-state index contributed by atoms with van der Waals surface area (Å²) in [6, 6.07) is 1.92. The monoisotopic (exact) mass is 281 g/mol. The van der Waals surface area contributed by atoms with Crippen LogP contribution >= 0.6 is 11.3 Å². The number of hydrogen-bond donors (Lipinski definition) is 2. The second-order valence-corrected chi connectivity index (χ2v) is 7.11. The SMILES string of the molecule is Cc1cc(C(=O)NCC2(O)CCCCCC2)c(C)s1. The Morgan fingerprint density at radius 3 is 2.47 bits per heavy atom. The summed E-state index contributed by atoms with van der Waals surface area (Å²) < 4.78 is 0. The Kier molecular flexibility index (Phi) is 4.63. The van der Waals surface area contributed by atoms with E-state index in [1.807, 2.05) is 19.9 Å². The molecule has 1 aromatic rings. The van der Waals surface area contributed by atoms with Gasteiger partial charge in [-0.05, 0) is 32.8 Å². The van der Waals surface area contributed by atoms with Crippen molar-refractivity contribution in [3.05, 3.63) is 21.4 Å². The third kappa shape index (κ3) is 3.80. The standard InChI is InChI=1S/C15H23NO2S/c1-11-9-13(12(2)19-11)14(17)16-10-15(18)7-5-3-4-6-8-15/h9,18H,3-8,10H2,1-2H3,(H,16,17). The molecule has 0 aliphatic heterocycles. The minimum Gasteiger partial charge on any atom is -0.388 e. The predicted octanol–water partition coefficient (Wildman–Crippen LogP) is 3.18. The van der Waals surface area contributed by atoms with E-state index in [1.165, 1.54) is 12.8 Å². The fraction of sp³-hybridized carbons (Fsp3) is 0.667. The van der Waals surface area contributed by atoms with Crippen LogP contribution in [-0.4, -0.2) is 23.2 Å². The number of aliphatic hydroxyl groups is 1. The minimum absolute atomic E-state index is 0.0560. The molecule has 0 aromatic carbocycles. The van der Waals surface area contributed by atoms with E-state index < -0.39 is 5.60 Å². The molecule has 1 aromatic heterocycles. The molecule has 0 saturated heterocycles. The Labute approximate surface area is 119 Å². The minimum atomic E-state index is -0.703. The van der Waals surface area contributed by atoms with Crippen molar-refractivity contribution in [3.8, 4) is 0 Å². The van der Waals surface area contributed by atoms with Gasteiger partial charge in [-0.25, -0.2) is 0 Å². The summed E-state index contributed by atoms with van der Waals surface area (Å²) in [7, 11) is 0. The zero-order valence-electron chi connectivity index (χ0n) is 11.8. The topological polar surface area (TPSA) is 49.3 Å². The lowest BCUT2D eigenvalue weighted by atomic mass is 9.94. The number of carbonyl (C=O) groups is 1. The van der Waals surface area contributed by atoms with Crippen LogP contribution in [0.2, 0.25) is 0 Å². The van der Waals surface area contributed by atoms with Gasteiger partial charge in [0.1, 0.15) is 0 Å². The van der Waals surface area contributed by atoms with E-state index in [1.54, 1.807) is 11.3 Å². The van der Waals surface area contributed by atoms with Gasteiger partial charge < -0.3 is 10.4 Å². The fourth-order valence-electron chi connectivity index (χ4n) is 2.76. The van der Waals surface area contributed by atoms with Crippen molar-refractivity contribution >= 4 is 17.2 Å². The Hall–Kier alpha value is -0.870. The Morgan fingerprint density at radius 2 is 1.95 bits per heavy atom. The van der Waals surface area contributed by atoms with Gasteiger partial charge in [-0.2, -0.15) is 0 Å². The first kappa shape index (κ1) is 14.5. The fourth-order valence-corrected chi connectivity index (χ4v) is 3.68. The molecule has 106 valence electrons. The van der Waals surface area contributed by atoms with E-state index in [0.717, 1.165) is 41.0 Å². The van der Waals surface area contributed by atoms with Crippen LogP contribution in [0.15, 0.2) is 6.07 Å². The highest BCUT2D eigenvalue weighted by Gasteiger charge is 2.28. The van der Waals surface area contributed by atoms with Gasteiger partial charge in [0.05, 0.1) is 11.2 Å². The molecule has 1 aliphatic rings. The summed E-state index contributed by atoms with van der Waals surface area (Å²) in [6.07, 6.45) is 6.11. The zero-order chi connectivity index (χ0) is 13.9. The molecule has 0 unspecified atom stereocenters. The van der Waals surface area contributed by atoms with E-state index in [0.29, 0.717) is 6.54 Å². The summed E-state index contributed by atoms with van der Waals surface area (Å²) in [5.74, 6) is -0.0560. The first-order valence-electron chi connectivity index (χ1n) is 7.08. The van der Waals surface area contributed by atoms with E-state index in [4.69, 9.17) is 0 Å². The summed E-state index contributed by atoms with van der Waals surface area (Å²) in [6.45, 7) is 4.35. The molecule has 3 nitrogen and oxygen atoms in total. The summed E-state index contributed by atoms with van der Waals surface area (Å²) in [5, 5.41) is 13.4. The lowest BCUT2D eigenvalue weighted by molar-refractivity contribution is 0.0246. The van der Waals surface area contributed by atoms with Gasteiger partial charge in [0, 0.05) is 16.3 Å². The summed E-state index contributed by atoms with van der Waals surface area (Å²) in [5.41, 5.74) is 0.0465. The smallest absolute Gasteiger partial charge is 0.252 e. The first-order chi connectivity index (χ1) is 9.00. The maximum absolute atomic E-state index is 12.1. The Bertz CT molecular complexity index is 445. The average molecular weight is 281 g/mol. The highest BCUT2D eigenvalue weighted by atomic mass is 32.1. The van der Waals surface area contributed by atoms with Crippen molar-refractivity contribution < 1.29 is 9.90 Å². The number of rotatable bonds is 3. The van der Waals surface area contributed by atoms with Crippen LogP contribution in [0, 0.1) is 13.8 Å². The largest absolute Gasteiger partial charge is 0.388 e. The van der Waals surface area contributed by atoms with Crippen LogP contribution in [0.25, 0.3) is 0 Å². The van der Waals surface area contributed by atoms with Crippen LogP contribution < -0.4 is 5.32 Å². The van der Waals surface area contributed by atoms with Gasteiger partial charge in [-0.1, -0.05) is 25.7 Å². The highest BCUT2D eigenvalue weighted by molar-refractivity contribution is 7.12. The molecule has 1 fully saturated rings. The van der Waals surface area contributed by atoms with Gasteiger partial charge in [-0.15, -0.1) is 11.3 Å². The lowest BCUT2D eigenvalue weighted by Crippen LogP contribution is -2.42. The summed E-state index contributed by atoms with van der Waals surface area (Å²) in [4.78, 5) is 14.3. The molecular weight excluding hydrogens is 258 g/mol. The molecule has 0 spiro atoms. The maximum Gasteiger partial charge on any atom is 0.252 e. The van der Waals surface area contributed by atoms with Crippen LogP contribution in [-0.2, 0) is 0 Å². The number of hydrogen-bond acceptors (Lipinski definition) is 3. The molecule has 4 heteroatoms. The van der Waals surface area contributed by atoms with Gasteiger partial charge >= 0.3 is 0 Å². The molecule has 1 heterocycles. The Morgan fingerprint density at radius 1 is 1.32 bits per heavy atom. The third-order valence-electron chi connectivity index (χ3n) is 3.90. The maximum atomic E-state index is 12.1. The number of aryl methyl sites for hydroxylation is 2. The van der Waals surface area contributed by atoms with Gasteiger partial charge in [-0.3, -0.25) is 4.79 Å². The van der Waals surface area contributed by atoms with E-state index in [2.05, 4.69) is 5.32 Å². The third-order valence-corrected chi connectivity index (χ3v) is 4.86. The molecule has 1 saturated carbocycles. The highest BCUT2D eigenvalue weighted by Crippen LogP contribution is 2.26. The van der Waals surface area contributed by atoms with E-state index in [9.17, 15) is 9.90 Å². The van der Waals surface area contributed by atoms with Crippen LogP contribution in [0.3, 0.4) is 0 Å². The van der Waals surface area contributed by atoms with Crippen molar-refractivity contribution in [1.29, 1.82) is 0 Å². The van der Waals surface area contributed by atoms with Crippen molar-refractivity contribution in [1.82, 2.24) is 5.32 Å². The molecule has 2 rings (SSSR count). The number of nitrogens with one attached hydrogen (secondary N) is 1. The second-order valence-electron chi connectivity index (χ2n) is 5.65. The van der Waals surface area contributed by atoms with E-state index in [-0.39, 0.29) is 5.91 Å². The van der Waals surface area contributed by atoms with E-state index >= 15 is 0 Å². The number of amides is 1. The molecule has 0 radical (unpaired) electrons. The predicted molar refractivity (Wildman–Crippen MR) is 78.8 cm³/mol. The normalized spacial score (nSPS) is 18.9. The van der Waals surface area contributed by atoms with Crippen molar-refractivity contribution in [2.24, 2.45) is 0 Å². The molecule has 19 heavy (non-hydrogen) atoms. The summed E-state index contributed by atoms with van der Waals surface area (Å²) >= 11 is 1.64. The van der Waals surface area contributed by atoms with Crippen LogP contribution in [0.5, 0.6) is 0 Å². The molecular formula is C15H23NO2S. The molecule has 2 N–H and O–H groups in total. The average Bonchev–Trinajstić information content (AvgIpc) is 2.58. The van der Waals surface area contributed by atoms with Gasteiger partial charge in [0.15, 0.2) is 0 Å². The quantitative estimate of drug-likeness (QED) is 0.836. The Balaban J connectivity index is 1.94. The second kappa shape index (κ2) is 6.06. The molecule has 1 amide bonds. The van der Waals surface area contributed by atoms with Crippen molar-refractivity contribution in [2.45, 2.75) is 58.0 Å². The molecule has 1 aliphatic carbocycles. The van der Waals surface area contributed by atoms with Gasteiger partial charge in [0.2, 0.25) is 0 Å². The molecule has 0 atom stereocenters. The van der Waals surface area contributed by atoms with Crippen molar-refractivity contribution in [3.63, 3.8) is 0 Å². The lowest BCUT2D eigenvalue weighted by Gasteiger charge is -2.26. The van der Waals surface area contributed by atoms with Crippen LogP contribution in [0.4, 0.5) is 0 Å². The molecule has 0 bridgehead atoms. The van der Waals surface area contributed by atoms with Crippen molar-refractivity contribution in [2.75, 3.05) is 6.54 Å². The first-order valence-corrected chi connectivity index (χ1v) is 7.89. The van der Waals surface area contributed by atoms with Crippen LogP contribution in [0.1, 0.15) is 58.6 Å². The number of thiophene rings is 1. The number of carbonyl (C=O) groups excluding carboxylic acids is 1.